The largest absolute Gasteiger partial charge is 0.360 e. The molecule has 0 fully saturated rings. The summed E-state index contributed by atoms with van der Waals surface area (Å²) in [5, 5.41) is 5.53. The summed E-state index contributed by atoms with van der Waals surface area (Å²) in [6.07, 6.45) is -1.07. The van der Waals surface area contributed by atoms with Crippen LogP contribution in [0, 0.1) is 0 Å². The molecule has 6 nitrogen and oxygen atoms in total. The zero-order valence-electron chi connectivity index (χ0n) is 11.2. The minimum atomic E-state index is -3.72. The molecule has 0 bridgehead atoms. The van der Waals surface area contributed by atoms with Gasteiger partial charge in [0, 0.05) is 10.2 Å². The van der Waals surface area contributed by atoms with E-state index in [9.17, 15) is 13.2 Å². The Kier molecular flexibility index (Phi) is 3.90. The van der Waals surface area contributed by atoms with E-state index in [1.165, 1.54) is 6.07 Å². The number of nitrogens with one attached hydrogen (secondary N) is 3. The van der Waals surface area contributed by atoms with Crippen molar-refractivity contribution < 1.29 is 13.2 Å². The van der Waals surface area contributed by atoms with E-state index in [4.69, 9.17) is 0 Å². The number of halogens is 1. The molecule has 2 aromatic rings. The summed E-state index contributed by atoms with van der Waals surface area (Å²) in [6.45, 7) is 0. The van der Waals surface area contributed by atoms with Gasteiger partial charge in [0.1, 0.15) is 4.90 Å². The molecular weight excluding hydrogens is 370 g/mol. The summed E-state index contributed by atoms with van der Waals surface area (Å²) in [7, 11) is -3.72. The van der Waals surface area contributed by atoms with E-state index in [2.05, 4.69) is 31.3 Å². The van der Waals surface area contributed by atoms with Gasteiger partial charge in [0.15, 0.2) is 6.17 Å². The molecule has 0 spiro atoms. The number of benzene rings is 2. The monoisotopic (exact) mass is 381 g/mol. The van der Waals surface area contributed by atoms with Gasteiger partial charge in [0.2, 0.25) is 10.0 Å². The van der Waals surface area contributed by atoms with Crippen LogP contribution in [0.2, 0.25) is 0 Å². The average Bonchev–Trinajstić information content (AvgIpc) is 2.49. The lowest BCUT2D eigenvalue weighted by molar-refractivity contribution is -0.117. The highest BCUT2D eigenvalue weighted by Crippen LogP contribution is 2.25. The van der Waals surface area contributed by atoms with Gasteiger partial charge in [0.25, 0.3) is 5.91 Å². The van der Waals surface area contributed by atoms with Gasteiger partial charge in [-0.25, -0.2) is 8.42 Å². The minimum absolute atomic E-state index is 0.127. The molecule has 8 heteroatoms. The summed E-state index contributed by atoms with van der Waals surface area (Å²) in [6, 6.07) is 13.4. The summed E-state index contributed by atoms with van der Waals surface area (Å²) < 4.78 is 27.5. The standard InChI is InChI=1S/C14H12BrN3O3S/c15-9-5-7-10(8-6-9)16-14(19)13-17-11-3-1-2-4-12(11)22(20,21)18-13/h1-8,13,17-18H,(H,16,19)/t13-/m0/s1. The van der Waals surface area contributed by atoms with Gasteiger partial charge in [-0.15, -0.1) is 0 Å². The van der Waals surface area contributed by atoms with Crippen LogP contribution in [0.5, 0.6) is 0 Å². The van der Waals surface area contributed by atoms with Crippen molar-refractivity contribution in [1.82, 2.24) is 4.72 Å². The number of anilines is 2. The van der Waals surface area contributed by atoms with Crippen LogP contribution in [0.4, 0.5) is 11.4 Å². The molecule has 1 aliphatic rings. The van der Waals surface area contributed by atoms with Crippen LogP contribution in [-0.4, -0.2) is 20.5 Å². The molecule has 0 aliphatic carbocycles. The zero-order chi connectivity index (χ0) is 15.7. The molecule has 1 heterocycles. The normalized spacial score (nSPS) is 18.9. The topological polar surface area (TPSA) is 87.3 Å². The van der Waals surface area contributed by atoms with Gasteiger partial charge in [-0.2, -0.15) is 4.72 Å². The molecular formula is C14H12BrN3O3S. The summed E-state index contributed by atoms with van der Waals surface area (Å²) in [4.78, 5) is 12.4. The molecule has 1 amide bonds. The number of hydrogen-bond donors (Lipinski definition) is 3. The molecule has 3 N–H and O–H groups in total. The number of carbonyl (C=O) groups excluding carboxylic acids is 1. The first-order valence-electron chi connectivity index (χ1n) is 6.40. The van der Waals surface area contributed by atoms with E-state index >= 15 is 0 Å². The van der Waals surface area contributed by atoms with Gasteiger partial charge >= 0.3 is 0 Å². The van der Waals surface area contributed by atoms with E-state index in [0.717, 1.165) is 4.47 Å². The number of para-hydroxylation sites is 1. The first-order valence-corrected chi connectivity index (χ1v) is 8.68. The molecule has 0 aromatic heterocycles. The van der Waals surface area contributed by atoms with Crippen molar-refractivity contribution >= 4 is 43.2 Å². The molecule has 1 atom stereocenters. The van der Waals surface area contributed by atoms with Crippen LogP contribution in [0.3, 0.4) is 0 Å². The van der Waals surface area contributed by atoms with E-state index < -0.39 is 22.1 Å². The third-order valence-corrected chi connectivity index (χ3v) is 5.13. The van der Waals surface area contributed by atoms with Crippen LogP contribution in [-0.2, 0) is 14.8 Å². The predicted molar refractivity (Wildman–Crippen MR) is 86.9 cm³/mol. The molecule has 22 heavy (non-hydrogen) atoms. The highest BCUT2D eigenvalue weighted by molar-refractivity contribution is 9.10. The van der Waals surface area contributed by atoms with Crippen molar-refractivity contribution in [2.75, 3.05) is 10.6 Å². The maximum atomic E-state index is 12.2. The first-order chi connectivity index (χ1) is 10.5. The lowest BCUT2D eigenvalue weighted by Crippen LogP contribution is -2.51. The van der Waals surface area contributed by atoms with Gasteiger partial charge in [-0.05, 0) is 36.4 Å². The van der Waals surface area contributed by atoms with E-state index in [1.54, 1.807) is 42.5 Å². The van der Waals surface area contributed by atoms with E-state index in [0.29, 0.717) is 11.4 Å². The quantitative estimate of drug-likeness (QED) is 0.743. The second-order valence-corrected chi connectivity index (χ2v) is 7.29. The number of fused-ring (bicyclic) bond motifs is 1. The van der Waals surface area contributed by atoms with Crippen LogP contribution >= 0.6 is 15.9 Å². The fourth-order valence-corrected chi connectivity index (χ4v) is 3.63. The first kappa shape index (κ1) is 15.0. The van der Waals surface area contributed by atoms with Crippen molar-refractivity contribution in [3.05, 3.63) is 53.0 Å². The van der Waals surface area contributed by atoms with Gasteiger partial charge < -0.3 is 10.6 Å². The van der Waals surface area contributed by atoms with Crippen LogP contribution < -0.4 is 15.4 Å². The molecule has 3 rings (SSSR count). The number of rotatable bonds is 2. The fraction of sp³-hybridized carbons (Fsp3) is 0.0714. The van der Waals surface area contributed by atoms with Crippen molar-refractivity contribution in [2.24, 2.45) is 0 Å². The Hall–Kier alpha value is -1.90. The Bertz CT molecular complexity index is 821. The molecule has 2 aromatic carbocycles. The van der Waals surface area contributed by atoms with E-state index in [1.807, 2.05) is 0 Å². The van der Waals surface area contributed by atoms with Gasteiger partial charge in [-0.3, -0.25) is 4.79 Å². The lowest BCUT2D eigenvalue weighted by atomic mass is 10.3. The second-order valence-electron chi connectivity index (χ2n) is 4.69. The molecule has 114 valence electrons. The van der Waals surface area contributed by atoms with Crippen LogP contribution in [0.15, 0.2) is 57.9 Å². The third-order valence-electron chi connectivity index (χ3n) is 3.12. The maximum absolute atomic E-state index is 12.2. The molecule has 1 aliphatic heterocycles. The Morgan fingerprint density at radius 3 is 2.50 bits per heavy atom. The summed E-state index contributed by atoms with van der Waals surface area (Å²) >= 11 is 3.30. The Morgan fingerprint density at radius 1 is 1.09 bits per heavy atom. The number of hydrogen-bond acceptors (Lipinski definition) is 4. The molecule has 0 saturated heterocycles. The molecule has 0 unspecified atom stereocenters. The van der Waals surface area contributed by atoms with Crippen LogP contribution in [0.25, 0.3) is 0 Å². The predicted octanol–water partition coefficient (Wildman–Crippen LogP) is 2.12. The van der Waals surface area contributed by atoms with Crippen molar-refractivity contribution in [2.45, 2.75) is 11.1 Å². The number of sulfonamides is 1. The highest BCUT2D eigenvalue weighted by atomic mass is 79.9. The highest BCUT2D eigenvalue weighted by Gasteiger charge is 2.32. The van der Waals surface area contributed by atoms with Crippen molar-refractivity contribution in [3.63, 3.8) is 0 Å². The van der Waals surface area contributed by atoms with Crippen molar-refractivity contribution in [3.8, 4) is 0 Å². The summed E-state index contributed by atoms with van der Waals surface area (Å²) in [5.41, 5.74) is 0.977. The van der Waals surface area contributed by atoms with Gasteiger partial charge in [-0.1, -0.05) is 28.1 Å². The SMILES string of the molecule is O=C(Nc1ccc(Br)cc1)[C@H]1Nc2ccccc2S(=O)(=O)N1. The van der Waals surface area contributed by atoms with Gasteiger partial charge in [0.05, 0.1) is 5.69 Å². The number of amides is 1. The molecule has 0 radical (unpaired) electrons. The number of carbonyl (C=O) groups is 1. The Labute approximate surface area is 136 Å². The minimum Gasteiger partial charge on any atom is -0.360 e. The van der Waals surface area contributed by atoms with Crippen molar-refractivity contribution in [1.29, 1.82) is 0 Å². The second kappa shape index (κ2) is 5.71. The fourth-order valence-electron chi connectivity index (χ4n) is 2.09. The average molecular weight is 382 g/mol. The Balaban J connectivity index is 1.82. The zero-order valence-corrected chi connectivity index (χ0v) is 13.6. The molecule has 0 saturated carbocycles. The smallest absolute Gasteiger partial charge is 0.262 e. The Morgan fingerprint density at radius 2 is 1.77 bits per heavy atom. The third kappa shape index (κ3) is 2.99. The van der Waals surface area contributed by atoms with E-state index in [-0.39, 0.29) is 4.90 Å². The maximum Gasteiger partial charge on any atom is 0.262 e. The lowest BCUT2D eigenvalue weighted by Gasteiger charge is -2.27. The summed E-state index contributed by atoms with van der Waals surface area (Å²) in [5.74, 6) is -0.486. The van der Waals surface area contributed by atoms with Crippen LogP contribution in [0.1, 0.15) is 0 Å².